The predicted molar refractivity (Wildman–Crippen MR) is 87.6 cm³/mol. The van der Waals surface area contributed by atoms with E-state index in [1.807, 2.05) is 30.0 Å². The van der Waals surface area contributed by atoms with Crippen LogP contribution in [-0.2, 0) is 0 Å². The van der Waals surface area contributed by atoms with Gasteiger partial charge in [0.15, 0.2) is 0 Å². The summed E-state index contributed by atoms with van der Waals surface area (Å²) in [6.07, 6.45) is 8.94. The number of thioether (sulfide) groups is 1. The quantitative estimate of drug-likeness (QED) is 0.848. The third-order valence-electron chi connectivity index (χ3n) is 3.04. The molecule has 106 valence electrons. The Morgan fingerprint density at radius 1 is 1.33 bits per heavy atom. The Hall–Kier alpha value is -1.78. The Bertz CT molecular complexity index is 733. The molecule has 0 atom stereocenters. The number of benzene rings is 1. The number of rotatable bonds is 3. The maximum atomic E-state index is 12.3. The number of halogens is 1. The molecule has 0 saturated heterocycles. The highest BCUT2D eigenvalue weighted by atomic mass is 35.5. The van der Waals surface area contributed by atoms with Crippen molar-refractivity contribution < 1.29 is 4.79 Å². The third-order valence-corrected chi connectivity index (χ3v) is 4.35. The first-order chi connectivity index (χ1) is 10.2. The molecule has 1 aliphatic rings. The average Bonchev–Trinajstić information content (AvgIpc) is 3.16. The summed E-state index contributed by atoms with van der Waals surface area (Å²) in [6, 6.07) is 8.68. The first kappa shape index (κ1) is 14.2. The first-order valence-electron chi connectivity index (χ1n) is 6.59. The molecule has 21 heavy (non-hydrogen) atoms. The van der Waals surface area contributed by atoms with E-state index in [1.165, 1.54) is 9.59 Å². The van der Waals surface area contributed by atoms with E-state index in [2.05, 4.69) is 11.2 Å². The van der Waals surface area contributed by atoms with Crippen LogP contribution in [0.3, 0.4) is 0 Å². The van der Waals surface area contributed by atoms with E-state index in [9.17, 15) is 4.79 Å². The Kier molecular flexibility index (Phi) is 4.27. The second kappa shape index (κ2) is 6.33. The highest BCUT2D eigenvalue weighted by molar-refractivity contribution is 8.03. The van der Waals surface area contributed by atoms with Gasteiger partial charge in [-0.05, 0) is 42.8 Å². The summed E-state index contributed by atoms with van der Waals surface area (Å²) in [4.78, 5) is 13.5. The molecule has 0 bridgehead atoms. The molecule has 0 unspecified atom stereocenters. The average molecular weight is 317 g/mol. The summed E-state index contributed by atoms with van der Waals surface area (Å²) < 4.78 is 1.33. The van der Waals surface area contributed by atoms with Gasteiger partial charge in [-0.25, -0.2) is 4.68 Å². The molecule has 1 aliphatic heterocycles. The maximum absolute atomic E-state index is 12.3. The van der Waals surface area contributed by atoms with Crippen LogP contribution >= 0.6 is 23.4 Å². The summed E-state index contributed by atoms with van der Waals surface area (Å²) in [6.45, 7) is 0. The largest absolute Gasteiger partial charge is 0.278 e. The fourth-order valence-electron chi connectivity index (χ4n) is 2.01. The number of nitrogens with zero attached hydrogens (tertiary/aromatic N) is 2. The second-order valence-electron chi connectivity index (χ2n) is 4.58. The third kappa shape index (κ3) is 3.46. The zero-order valence-corrected chi connectivity index (χ0v) is 12.8. The maximum Gasteiger partial charge on any atom is 0.278 e. The molecule has 1 aromatic heterocycles. The molecular formula is C16H13ClN2OS. The molecule has 0 N–H and O–H groups in total. The van der Waals surface area contributed by atoms with Crippen LogP contribution in [0.25, 0.3) is 6.08 Å². The van der Waals surface area contributed by atoms with Gasteiger partial charge in [-0.2, -0.15) is 5.10 Å². The number of hydrogen-bond acceptors (Lipinski definition) is 3. The number of carbonyl (C=O) groups is 1. The predicted octanol–water partition coefficient (Wildman–Crippen LogP) is 4.26. The van der Waals surface area contributed by atoms with Gasteiger partial charge >= 0.3 is 0 Å². The SMILES string of the molecule is O=C(c1cccc(Cl)c1)n1ccc(/C=C/C2=CCCS2)n1. The minimum absolute atomic E-state index is 0.188. The summed E-state index contributed by atoms with van der Waals surface area (Å²) in [5, 5.41) is 4.82. The second-order valence-corrected chi connectivity index (χ2v) is 6.18. The van der Waals surface area contributed by atoms with Gasteiger partial charge in [0, 0.05) is 27.4 Å². The number of carbonyl (C=O) groups excluding carboxylic acids is 1. The first-order valence-corrected chi connectivity index (χ1v) is 7.96. The zero-order valence-electron chi connectivity index (χ0n) is 11.2. The van der Waals surface area contributed by atoms with Crippen LogP contribution in [0.2, 0.25) is 5.02 Å². The fraction of sp³-hybridized carbons (Fsp3) is 0.125. The van der Waals surface area contributed by atoms with Crippen LogP contribution in [0.1, 0.15) is 22.5 Å². The van der Waals surface area contributed by atoms with E-state index in [0.717, 1.165) is 17.9 Å². The lowest BCUT2D eigenvalue weighted by atomic mass is 10.2. The van der Waals surface area contributed by atoms with E-state index in [-0.39, 0.29) is 5.91 Å². The van der Waals surface area contributed by atoms with E-state index in [4.69, 9.17) is 11.6 Å². The summed E-state index contributed by atoms with van der Waals surface area (Å²) in [5.41, 5.74) is 1.29. The van der Waals surface area contributed by atoms with Gasteiger partial charge in [0.25, 0.3) is 5.91 Å². The number of hydrogen-bond donors (Lipinski definition) is 0. The van der Waals surface area contributed by atoms with Crippen molar-refractivity contribution in [2.75, 3.05) is 5.75 Å². The minimum Gasteiger partial charge on any atom is -0.267 e. The lowest BCUT2D eigenvalue weighted by Crippen LogP contribution is -2.12. The Labute approximate surface area is 132 Å². The van der Waals surface area contributed by atoms with Crippen molar-refractivity contribution in [2.45, 2.75) is 6.42 Å². The summed E-state index contributed by atoms with van der Waals surface area (Å²) in [7, 11) is 0. The van der Waals surface area contributed by atoms with E-state index in [0.29, 0.717) is 10.6 Å². The molecule has 0 radical (unpaired) electrons. The smallest absolute Gasteiger partial charge is 0.267 e. The van der Waals surface area contributed by atoms with Crippen LogP contribution in [0.15, 0.2) is 53.6 Å². The van der Waals surface area contributed by atoms with Gasteiger partial charge in [-0.1, -0.05) is 23.7 Å². The molecule has 0 fully saturated rings. The van der Waals surface area contributed by atoms with Crippen LogP contribution in [0, 0.1) is 0 Å². The highest BCUT2D eigenvalue weighted by Gasteiger charge is 2.10. The van der Waals surface area contributed by atoms with Crippen molar-refractivity contribution >= 4 is 35.3 Å². The molecule has 5 heteroatoms. The lowest BCUT2D eigenvalue weighted by Gasteiger charge is -2.00. The van der Waals surface area contributed by atoms with Gasteiger partial charge in [0.1, 0.15) is 0 Å². The van der Waals surface area contributed by atoms with E-state index in [1.54, 1.807) is 30.5 Å². The Morgan fingerprint density at radius 2 is 2.24 bits per heavy atom. The Morgan fingerprint density at radius 3 is 3.00 bits per heavy atom. The van der Waals surface area contributed by atoms with Crippen molar-refractivity contribution in [1.29, 1.82) is 0 Å². The van der Waals surface area contributed by atoms with Crippen LogP contribution in [-0.4, -0.2) is 21.4 Å². The molecule has 3 rings (SSSR count). The molecular weight excluding hydrogens is 304 g/mol. The molecule has 0 amide bonds. The van der Waals surface area contributed by atoms with Crippen molar-refractivity contribution in [2.24, 2.45) is 0 Å². The van der Waals surface area contributed by atoms with E-state index < -0.39 is 0 Å². The molecule has 3 nitrogen and oxygen atoms in total. The topological polar surface area (TPSA) is 34.9 Å². The minimum atomic E-state index is -0.188. The molecule has 1 aromatic carbocycles. The van der Waals surface area contributed by atoms with Crippen LogP contribution in [0.4, 0.5) is 0 Å². The van der Waals surface area contributed by atoms with Crippen molar-refractivity contribution in [3.63, 3.8) is 0 Å². The van der Waals surface area contributed by atoms with E-state index >= 15 is 0 Å². The van der Waals surface area contributed by atoms with Crippen LogP contribution in [0.5, 0.6) is 0 Å². The summed E-state index contributed by atoms with van der Waals surface area (Å²) >= 11 is 7.73. The highest BCUT2D eigenvalue weighted by Crippen LogP contribution is 2.26. The number of aromatic nitrogens is 2. The van der Waals surface area contributed by atoms with Crippen molar-refractivity contribution in [3.8, 4) is 0 Å². The van der Waals surface area contributed by atoms with Gasteiger partial charge in [0.2, 0.25) is 0 Å². The monoisotopic (exact) mass is 316 g/mol. The molecule has 2 aromatic rings. The molecule has 0 aliphatic carbocycles. The zero-order chi connectivity index (χ0) is 14.7. The molecule has 0 saturated carbocycles. The fourth-order valence-corrected chi connectivity index (χ4v) is 3.08. The van der Waals surface area contributed by atoms with Gasteiger partial charge in [-0.15, -0.1) is 11.8 Å². The standard InChI is InChI=1S/C16H13ClN2OS/c17-13-4-1-3-12(11-13)16(20)19-9-8-14(18-19)6-7-15-5-2-10-21-15/h1,3-9,11H,2,10H2/b7-6+. The van der Waals surface area contributed by atoms with Crippen LogP contribution < -0.4 is 0 Å². The van der Waals surface area contributed by atoms with Gasteiger partial charge < -0.3 is 0 Å². The lowest BCUT2D eigenvalue weighted by molar-refractivity contribution is 0.0945. The van der Waals surface area contributed by atoms with Crippen molar-refractivity contribution in [1.82, 2.24) is 9.78 Å². The van der Waals surface area contributed by atoms with Gasteiger partial charge in [-0.3, -0.25) is 4.79 Å². The Balaban J connectivity index is 1.76. The van der Waals surface area contributed by atoms with Crippen molar-refractivity contribution in [3.05, 3.63) is 69.9 Å². The van der Waals surface area contributed by atoms with Gasteiger partial charge in [0.05, 0.1) is 5.69 Å². The molecule has 2 heterocycles. The molecule has 0 spiro atoms. The normalized spacial score (nSPS) is 14.6. The number of allylic oxidation sites excluding steroid dienone is 2. The summed E-state index contributed by atoms with van der Waals surface area (Å²) in [5.74, 6) is 0.952.